The van der Waals surface area contributed by atoms with Crippen LogP contribution in [0.25, 0.3) is 0 Å². The number of hydrogen-bond acceptors (Lipinski definition) is 4. The fourth-order valence-corrected chi connectivity index (χ4v) is 3.15. The first-order valence-corrected chi connectivity index (χ1v) is 8.47. The van der Waals surface area contributed by atoms with Gasteiger partial charge in [-0.1, -0.05) is 6.92 Å². The van der Waals surface area contributed by atoms with E-state index in [-0.39, 0.29) is 12.1 Å². The molecule has 1 aliphatic heterocycles. The molecule has 2 atom stereocenters. The van der Waals surface area contributed by atoms with Gasteiger partial charge in [0.05, 0.1) is 18.3 Å². The maximum atomic E-state index is 12.7. The summed E-state index contributed by atoms with van der Waals surface area (Å²) in [5.41, 5.74) is 0.856. The third-order valence-corrected chi connectivity index (χ3v) is 4.68. The highest BCUT2D eigenvalue weighted by Crippen LogP contribution is 2.34. The van der Waals surface area contributed by atoms with E-state index in [1.54, 1.807) is 0 Å². The molecule has 0 unspecified atom stereocenters. The molecule has 3 rings (SSSR count). The van der Waals surface area contributed by atoms with E-state index < -0.39 is 0 Å². The monoisotopic (exact) mass is 331 g/mol. The lowest BCUT2D eigenvalue weighted by Crippen LogP contribution is -2.45. The van der Waals surface area contributed by atoms with Gasteiger partial charge in [-0.15, -0.1) is 0 Å². The van der Waals surface area contributed by atoms with Gasteiger partial charge in [0.1, 0.15) is 17.3 Å². The predicted molar refractivity (Wildman–Crippen MR) is 89.5 cm³/mol. The molecule has 2 aromatic rings. The van der Waals surface area contributed by atoms with Crippen LogP contribution in [-0.2, 0) is 6.54 Å². The maximum Gasteiger partial charge on any atom is 0.318 e. The summed E-state index contributed by atoms with van der Waals surface area (Å²) >= 11 is 0. The van der Waals surface area contributed by atoms with Gasteiger partial charge in [-0.3, -0.25) is 0 Å². The molecule has 1 fully saturated rings. The minimum absolute atomic E-state index is 0.0181. The Hall–Kier alpha value is -2.24. The molecule has 130 valence electrons. The summed E-state index contributed by atoms with van der Waals surface area (Å²) in [5, 5.41) is 2.92. The van der Waals surface area contributed by atoms with E-state index in [1.165, 1.54) is 0 Å². The Kier molecular flexibility index (Phi) is 4.64. The van der Waals surface area contributed by atoms with E-state index in [4.69, 9.17) is 8.83 Å². The number of furan rings is 1. The van der Waals surface area contributed by atoms with Crippen LogP contribution in [0.15, 0.2) is 21.0 Å². The SMILES string of the molecule is Cc1ccc([C@H]2C[C@@H](C)CCN2C(=O)NCc2nc(C)c(C)o2)o1. The topological polar surface area (TPSA) is 71.5 Å². The molecule has 0 aromatic carbocycles. The molecular weight excluding hydrogens is 306 g/mol. The number of nitrogens with one attached hydrogen (secondary N) is 1. The van der Waals surface area contributed by atoms with Gasteiger partial charge in [-0.05, 0) is 51.7 Å². The highest BCUT2D eigenvalue weighted by Gasteiger charge is 2.33. The number of aryl methyl sites for hydroxylation is 3. The first-order valence-electron chi connectivity index (χ1n) is 8.47. The van der Waals surface area contributed by atoms with Crippen LogP contribution in [0, 0.1) is 26.7 Å². The predicted octanol–water partition coefficient (Wildman–Crippen LogP) is 3.88. The lowest BCUT2D eigenvalue weighted by molar-refractivity contribution is 0.118. The zero-order valence-corrected chi connectivity index (χ0v) is 14.8. The van der Waals surface area contributed by atoms with E-state index >= 15 is 0 Å². The van der Waals surface area contributed by atoms with Crippen molar-refractivity contribution in [3.63, 3.8) is 0 Å². The van der Waals surface area contributed by atoms with Crippen LogP contribution in [0.3, 0.4) is 0 Å². The number of hydrogen-bond donors (Lipinski definition) is 1. The minimum atomic E-state index is -0.102. The van der Waals surface area contributed by atoms with E-state index in [2.05, 4.69) is 17.2 Å². The van der Waals surface area contributed by atoms with Gasteiger partial charge in [0.25, 0.3) is 0 Å². The molecule has 3 heterocycles. The molecule has 0 aliphatic carbocycles. The average Bonchev–Trinajstić information content (AvgIpc) is 3.11. The van der Waals surface area contributed by atoms with Gasteiger partial charge in [-0.2, -0.15) is 0 Å². The minimum Gasteiger partial charge on any atom is -0.464 e. The van der Waals surface area contributed by atoms with Crippen LogP contribution in [-0.4, -0.2) is 22.5 Å². The summed E-state index contributed by atoms with van der Waals surface area (Å²) in [6.07, 6.45) is 1.92. The number of likely N-dealkylation sites (tertiary alicyclic amines) is 1. The Morgan fingerprint density at radius 2 is 2.12 bits per heavy atom. The van der Waals surface area contributed by atoms with Crippen LogP contribution in [0.1, 0.15) is 54.7 Å². The van der Waals surface area contributed by atoms with Crippen LogP contribution in [0.4, 0.5) is 4.79 Å². The van der Waals surface area contributed by atoms with E-state index in [0.717, 1.165) is 42.4 Å². The third-order valence-electron chi connectivity index (χ3n) is 4.68. The molecule has 24 heavy (non-hydrogen) atoms. The van der Waals surface area contributed by atoms with Crippen molar-refractivity contribution in [2.24, 2.45) is 5.92 Å². The number of carbonyl (C=O) groups is 1. The molecule has 0 saturated carbocycles. The number of urea groups is 1. The zero-order chi connectivity index (χ0) is 17.3. The Bertz CT molecular complexity index is 699. The van der Waals surface area contributed by atoms with Crippen LogP contribution < -0.4 is 5.32 Å². The Labute approximate surface area is 142 Å². The maximum absolute atomic E-state index is 12.7. The highest BCUT2D eigenvalue weighted by molar-refractivity contribution is 5.74. The molecule has 6 nitrogen and oxygen atoms in total. The van der Waals surface area contributed by atoms with Gasteiger partial charge >= 0.3 is 6.03 Å². The standard InChI is InChI=1S/C18H25N3O3/c1-11-7-8-21(15(9-11)16-6-5-12(2)23-16)18(22)19-10-17-20-13(3)14(4)24-17/h5-6,11,15H,7-10H2,1-4H3,(H,19,22)/t11-,15+/m0/s1. The quantitative estimate of drug-likeness (QED) is 0.926. The molecule has 2 aromatic heterocycles. The van der Waals surface area contributed by atoms with Crippen molar-refractivity contribution in [2.45, 2.75) is 53.1 Å². The Morgan fingerprint density at radius 1 is 1.33 bits per heavy atom. The Balaban J connectivity index is 1.69. The molecule has 1 N–H and O–H groups in total. The van der Waals surface area contributed by atoms with Crippen molar-refractivity contribution < 1.29 is 13.6 Å². The average molecular weight is 331 g/mol. The van der Waals surface area contributed by atoms with Crippen molar-refractivity contribution in [1.82, 2.24) is 15.2 Å². The van der Waals surface area contributed by atoms with Gasteiger partial charge in [-0.25, -0.2) is 9.78 Å². The first-order chi connectivity index (χ1) is 11.4. The lowest BCUT2D eigenvalue weighted by atomic mass is 9.91. The molecule has 0 radical (unpaired) electrons. The summed E-state index contributed by atoms with van der Waals surface area (Å²) in [5.74, 6) is 3.62. The summed E-state index contributed by atoms with van der Waals surface area (Å²) in [7, 11) is 0. The molecule has 0 spiro atoms. The third kappa shape index (κ3) is 3.47. The van der Waals surface area contributed by atoms with E-state index in [0.29, 0.717) is 18.4 Å². The van der Waals surface area contributed by atoms with Gasteiger partial charge in [0, 0.05) is 6.54 Å². The molecule has 6 heteroatoms. The van der Waals surface area contributed by atoms with Crippen molar-refractivity contribution in [1.29, 1.82) is 0 Å². The lowest BCUT2D eigenvalue weighted by Gasteiger charge is -2.37. The van der Waals surface area contributed by atoms with Gasteiger partial charge in [0.2, 0.25) is 5.89 Å². The smallest absolute Gasteiger partial charge is 0.318 e. The normalized spacial score (nSPS) is 21.1. The highest BCUT2D eigenvalue weighted by atomic mass is 16.4. The number of amides is 2. The van der Waals surface area contributed by atoms with Crippen molar-refractivity contribution in [3.8, 4) is 0 Å². The summed E-state index contributed by atoms with van der Waals surface area (Å²) in [4.78, 5) is 18.8. The number of nitrogens with zero attached hydrogens (tertiary/aromatic N) is 2. The number of aromatic nitrogens is 1. The van der Waals surface area contributed by atoms with Crippen LogP contribution >= 0.6 is 0 Å². The van der Waals surface area contributed by atoms with E-state index in [1.807, 2.05) is 37.8 Å². The van der Waals surface area contributed by atoms with Gasteiger partial charge in [0.15, 0.2) is 0 Å². The van der Waals surface area contributed by atoms with Crippen molar-refractivity contribution in [3.05, 3.63) is 41.0 Å². The van der Waals surface area contributed by atoms with Crippen molar-refractivity contribution in [2.75, 3.05) is 6.54 Å². The summed E-state index contributed by atoms with van der Waals surface area (Å²) in [6, 6.07) is 3.80. The molecular formula is C18H25N3O3. The second-order valence-electron chi connectivity index (χ2n) is 6.70. The number of rotatable bonds is 3. The fourth-order valence-electron chi connectivity index (χ4n) is 3.15. The second kappa shape index (κ2) is 6.71. The molecule has 0 bridgehead atoms. The molecule has 1 aliphatic rings. The number of carbonyl (C=O) groups excluding carboxylic acids is 1. The molecule has 1 saturated heterocycles. The summed E-state index contributed by atoms with van der Waals surface area (Å²) in [6.45, 7) is 8.93. The Morgan fingerprint density at radius 3 is 2.75 bits per heavy atom. The van der Waals surface area contributed by atoms with Gasteiger partial charge < -0.3 is 19.1 Å². The van der Waals surface area contributed by atoms with Crippen LogP contribution in [0.5, 0.6) is 0 Å². The summed E-state index contributed by atoms with van der Waals surface area (Å²) < 4.78 is 11.3. The largest absolute Gasteiger partial charge is 0.464 e. The fraction of sp³-hybridized carbons (Fsp3) is 0.556. The first kappa shape index (κ1) is 16.6. The number of oxazole rings is 1. The van der Waals surface area contributed by atoms with Crippen molar-refractivity contribution >= 4 is 6.03 Å². The second-order valence-corrected chi connectivity index (χ2v) is 6.70. The van der Waals surface area contributed by atoms with E-state index in [9.17, 15) is 4.79 Å². The molecule has 2 amide bonds. The number of piperidine rings is 1. The van der Waals surface area contributed by atoms with Crippen LogP contribution in [0.2, 0.25) is 0 Å². The zero-order valence-electron chi connectivity index (χ0n) is 14.8.